The lowest BCUT2D eigenvalue weighted by Gasteiger charge is -1.99. The molecule has 0 bridgehead atoms. The third kappa shape index (κ3) is 2.50. The van der Waals surface area contributed by atoms with Crippen LogP contribution < -0.4 is 0 Å². The molecule has 0 saturated heterocycles. The third-order valence-corrected chi connectivity index (χ3v) is 2.99. The van der Waals surface area contributed by atoms with Gasteiger partial charge in [0.15, 0.2) is 5.78 Å². The fraction of sp³-hybridized carbons (Fsp3) is 0.167. The van der Waals surface area contributed by atoms with Crippen molar-refractivity contribution in [2.24, 2.45) is 0 Å². The molecule has 2 nitrogen and oxygen atoms in total. The first-order valence-electron chi connectivity index (χ1n) is 4.73. The van der Waals surface area contributed by atoms with Gasteiger partial charge in [-0.1, -0.05) is 6.07 Å². The van der Waals surface area contributed by atoms with Gasteiger partial charge in [0.1, 0.15) is 0 Å². The molecule has 2 heterocycles. The molecule has 0 N–H and O–H groups in total. The molecular weight excluding hydrogens is 206 g/mol. The summed E-state index contributed by atoms with van der Waals surface area (Å²) in [6.45, 7) is 1.94. The topological polar surface area (TPSA) is 30.0 Å². The fourth-order valence-corrected chi connectivity index (χ4v) is 2.08. The summed E-state index contributed by atoms with van der Waals surface area (Å²) < 4.78 is 0. The average molecular weight is 217 g/mol. The summed E-state index contributed by atoms with van der Waals surface area (Å²) in [5.74, 6) is 0.133. The van der Waals surface area contributed by atoms with Crippen LogP contribution in [-0.4, -0.2) is 10.8 Å². The monoisotopic (exact) mass is 217 g/mol. The number of ketones is 1. The van der Waals surface area contributed by atoms with Gasteiger partial charge in [-0.05, 0) is 30.0 Å². The molecule has 0 saturated carbocycles. The SMILES string of the molecule is Cc1cncc(C(=O)Cc2cccs2)c1. The van der Waals surface area contributed by atoms with Gasteiger partial charge in [-0.15, -0.1) is 11.3 Å². The first-order valence-corrected chi connectivity index (χ1v) is 5.61. The number of thiophene rings is 1. The zero-order chi connectivity index (χ0) is 10.7. The van der Waals surface area contributed by atoms with Crippen LogP contribution in [0.4, 0.5) is 0 Å². The fourth-order valence-electron chi connectivity index (χ4n) is 1.38. The Morgan fingerprint density at radius 2 is 2.33 bits per heavy atom. The van der Waals surface area contributed by atoms with Crippen molar-refractivity contribution in [3.05, 3.63) is 52.0 Å². The lowest BCUT2D eigenvalue weighted by atomic mass is 10.1. The molecule has 2 rings (SSSR count). The Labute approximate surface area is 92.6 Å². The molecule has 0 atom stereocenters. The van der Waals surface area contributed by atoms with E-state index in [0.717, 1.165) is 10.4 Å². The highest BCUT2D eigenvalue weighted by atomic mass is 32.1. The zero-order valence-corrected chi connectivity index (χ0v) is 9.25. The predicted molar refractivity (Wildman–Crippen MR) is 61.3 cm³/mol. The lowest BCUT2D eigenvalue weighted by Crippen LogP contribution is -2.03. The van der Waals surface area contributed by atoms with E-state index in [4.69, 9.17) is 0 Å². The summed E-state index contributed by atoms with van der Waals surface area (Å²) in [5.41, 5.74) is 1.72. The number of hydrogen-bond acceptors (Lipinski definition) is 3. The predicted octanol–water partition coefficient (Wildman–Crippen LogP) is 2.88. The molecule has 2 aromatic rings. The molecular formula is C12H11NOS. The number of carbonyl (C=O) groups is 1. The Bertz CT molecular complexity index is 462. The second-order valence-electron chi connectivity index (χ2n) is 3.43. The van der Waals surface area contributed by atoms with Crippen LogP contribution in [0.3, 0.4) is 0 Å². The van der Waals surface area contributed by atoms with E-state index in [-0.39, 0.29) is 5.78 Å². The van der Waals surface area contributed by atoms with Gasteiger partial charge in [0.2, 0.25) is 0 Å². The maximum absolute atomic E-state index is 11.8. The van der Waals surface area contributed by atoms with Crippen molar-refractivity contribution in [2.45, 2.75) is 13.3 Å². The number of aromatic nitrogens is 1. The van der Waals surface area contributed by atoms with Crippen LogP contribution in [0.25, 0.3) is 0 Å². The van der Waals surface area contributed by atoms with E-state index in [1.165, 1.54) is 0 Å². The number of pyridine rings is 1. The van der Waals surface area contributed by atoms with Crippen LogP contribution in [0, 0.1) is 6.92 Å². The summed E-state index contributed by atoms with van der Waals surface area (Å²) >= 11 is 1.61. The summed E-state index contributed by atoms with van der Waals surface area (Å²) in [6.07, 6.45) is 3.85. The number of rotatable bonds is 3. The Kier molecular flexibility index (Phi) is 2.92. The molecule has 0 unspecified atom stereocenters. The van der Waals surface area contributed by atoms with E-state index in [1.807, 2.05) is 30.5 Å². The minimum Gasteiger partial charge on any atom is -0.294 e. The molecule has 0 aliphatic rings. The highest BCUT2D eigenvalue weighted by Gasteiger charge is 2.07. The standard InChI is InChI=1S/C12H11NOS/c1-9-5-10(8-13-7-9)12(14)6-11-3-2-4-15-11/h2-5,7-8H,6H2,1H3. The molecule has 0 aromatic carbocycles. The third-order valence-electron chi connectivity index (χ3n) is 2.11. The van der Waals surface area contributed by atoms with Gasteiger partial charge in [-0.25, -0.2) is 0 Å². The Morgan fingerprint density at radius 1 is 1.47 bits per heavy atom. The summed E-state index contributed by atoms with van der Waals surface area (Å²) in [7, 11) is 0. The Hall–Kier alpha value is -1.48. The van der Waals surface area contributed by atoms with Gasteiger partial charge < -0.3 is 0 Å². The second kappa shape index (κ2) is 4.36. The van der Waals surface area contributed by atoms with Gasteiger partial charge in [0, 0.05) is 29.3 Å². The van der Waals surface area contributed by atoms with Crippen molar-refractivity contribution in [3.63, 3.8) is 0 Å². The highest BCUT2D eigenvalue weighted by molar-refractivity contribution is 7.10. The van der Waals surface area contributed by atoms with E-state index >= 15 is 0 Å². The van der Waals surface area contributed by atoms with E-state index in [0.29, 0.717) is 12.0 Å². The number of aryl methyl sites for hydroxylation is 1. The number of carbonyl (C=O) groups excluding carboxylic acids is 1. The van der Waals surface area contributed by atoms with Gasteiger partial charge in [0.25, 0.3) is 0 Å². The van der Waals surface area contributed by atoms with Crippen molar-refractivity contribution in [1.82, 2.24) is 4.98 Å². The molecule has 0 amide bonds. The maximum Gasteiger partial charge on any atom is 0.169 e. The summed E-state index contributed by atoms with van der Waals surface area (Å²) in [5, 5.41) is 1.98. The molecule has 2 aromatic heterocycles. The maximum atomic E-state index is 11.8. The van der Waals surface area contributed by atoms with Crippen molar-refractivity contribution in [2.75, 3.05) is 0 Å². The van der Waals surface area contributed by atoms with E-state index in [2.05, 4.69) is 4.98 Å². The van der Waals surface area contributed by atoms with Crippen LogP contribution in [0.15, 0.2) is 36.0 Å². The van der Waals surface area contributed by atoms with Crippen LogP contribution in [-0.2, 0) is 6.42 Å². The van der Waals surface area contributed by atoms with Gasteiger partial charge in [-0.2, -0.15) is 0 Å². The molecule has 0 radical (unpaired) electrons. The molecule has 3 heteroatoms. The highest BCUT2D eigenvalue weighted by Crippen LogP contribution is 2.12. The lowest BCUT2D eigenvalue weighted by molar-refractivity contribution is 0.0993. The Balaban J connectivity index is 2.15. The largest absolute Gasteiger partial charge is 0.294 e. The smallest absolute Gasteiger partial charge is 0.169 e. The number of hydrogen-bond donors (Lipinski definition) is 0. The van der Waals surface area contributed by atoms with E-state index < -0.39 is 0 Å². The second-order valence-corrected chi connectivity index (χ2v) is 4.46. The molecule has 0 spiro atoms. The minimum absolute atomic E-state index is 0.133. The van der Waals surface area contributed by atoms with Crippen molar-refractivity contribution in [1.29, 1.82) is 0 Å². The van der Waals surface area contributed by atoms with Crippen molar-refractivity contribution < 1.29 is 4.79 Å². The van der Waals surface area contributed by atoms with Gasteiger partial charge in [0.05, 0.1) is 0 Å². The number of nitrogens with zero attached hydrogens (tertiary/aromatic N) is 1. The molecule has 15 heavy (non-hydrogen) atoms. The first kappa shape index (κ1) is 10.1. The van der Waals surface area contributed by atoms with Crippen LogP contribution in [0.5, 0.6) is 0 Å². The van der Waals surface area contributed by atoms with Crippen LogP contribution in [0.2, 0.25) is 0 Å². The molecule has 76 valence electrons. The first-order chi connectivity index (χ1) is 7.25. The molecule has 0 fully saturated rings. The van der Waals surface area contributed by atoms with E-state index in [1.54, 1.807) is 23.7 Å². The Morgan fingerprint density at radius 3 is 3.00 bits per heavy atom. The molecule has 0 aliphatic carbocycles. The number of Topliss-reactive ketones (excluding diaryl/α,β-unsaturated/α-hetero) is 1. The zero-order valence-electron chi connectivity index (χ0n) is 8.43. The van der Waals surface area contributed by atoms with E-state index in [9.17, 15) is 4.79 Å². The summed E-state index contributed by atoms with van der Waals surface area (Å²) in [4.78, 5) is 16.9. The van der Waals surface area contributed by atoms with Crippen molar-refractivity contribution >= 4 is 17.1 Å². The quantitative estimate of drug-likeness (QED) is 0.740. The van der Waals surface area contributed by atoms with Crippen LogP contribution in [0.1, 0.15) is 20.8 Å². The minimum atomic E-state index is 0.133. The van der Waals surface area contributed by atoms with Gasteiger partial charge >= 0.3 is 0 Å². The van der Waals surface area contributed by atoms with Crippen LogP contribution >= 0.6 is 11.3 Å². The summed E-state index contributed by atoms with van der Waals surface area (Å²) in [6, 6.07) is 5.82. The molecule has 0 aliphatic heterocycles. The average Bonchev–Trinajstić information content (AvgIpc) is 2.70. The van der Waals surface area contributed by atoms with Gasteiger partial charge in [-0.3, -0.25) is 9.78 Å². The van der Waals surface area contributed by atoms with Crippen molar-refractivity contribution in [3.8, 4) is 0 Å². The normalized spacial score (nSPS) is 10.2.